The third kappa shape index (κ3) is 2.12. The van der Waals surface area contributed by atoms with Gasteiger partial charge in [0.2, 0.25) is 0 Å². The van der Waals surface area contributed by atoms with Crippen LogP contribution in [0, 0.1) is 0 Å². The van der Waals surface area contributed by atoms with E-state index in [1.165, 1.54) is 0 Å². The van der Waals surface area contributed by atoms with Gasteiger partial charge in [0.1, 0.15) is 0 Å². The normalized spacial score (nSPS) is 17.3. The average molecular weight is 251 g/mol. The molecule has 0 fully saturated rings. The monoisotopic (exact) mass is 251 g/mol. The van der Waals surface area contributed by atoms with Crippen LogP contribution < -0.4 is 0 Å². The minimum atomic E-state index is -0.373. The summed E-state index contributed by atoms with van der Waals surface area (Å²) >= 11 is 0. The Morgan fingerprint density at radius 2 is 2.06 bits per heavy atom. The number of carbonyl (C=O) groups is 2. The maximum Gasteiger partial charge on any atom is 0.339 e. The van der Waals surface area contributed by atoms with E-state index in [4.69, 9.17) is 9.47 Å². The highest BCUT2D eigenvalue weighted by Crippen LogP contribution is 2.33. The van der Waals surface area contributed by atoms with Gasteiger partial charge in [0.25, 0.3) is 0 Å². The number of fused-ring (bicyclic) bond motifs is 1. The summed E-state index contributed by atoms with van der Waals surface area (Å²) in [6, 6.07) is 1.71. The quantitative estimate of drug-likeness (QED) is 0.764. The third-order valence-electron chi connectivity index (χ3n) is 3.06. The molecule has 1 aliphatic heterocycles. The lowest BCUT2D eigenvalue weighted by Crippen LogP contribution is -2.17. The average Bonchev–Trinajstić information content (AvgIpc) is 2.89. The summed E-state index contributed by atoms with van der Waals surface area (Å²) in [5.74, 6) is -0.984. The van der Waals surface area contributed by atoms with E-state index in [1.807, 2.05) is 10.8 Å². The highest BCUT2D eigenvalue weighted by Gasteiger charge is 2.34. The van der Waals surface area contributed by atoms with Crippen molar-refractivity contribution >= 4 is 11.9 Å². The van der Waals surface area contributed by atoms with E-state index in [2.05, 4.69) is 0 Å². The molecule has 0 aromatic carbocycles. The topological polar surface area (TPSA) is 57.5 Å². The number of hydrogen-bond acceptors (Lipinski definition) is 4. The van der Waals surface area contributed by atoms with E-state index in [9.17, 15) is 9.59 Å². The summed E-state index contributed by atoms with van der Waals surface area (Å²) in [7, 11) is 0. The lowest BCUT2D eigenvalue weighted by atomic mass is 10.0. The molecule has 1 atom stereocenters. The molecule has 1 aliphatic rings. The van der Waals surface area contributed by atoms with E-state index in [0.29, 0.717) is 25.2 Å². The second-order valence-electron chi connectivity index (χ2n) is 4.12. The predicted molar refractivity (Wildman–Crippen MR) is 64.4 cm³/mol. The minimum Gasteiger partial charge on any atom is -0.465 e. The minimum absolute atomic E-state index is 0.263. The standard InChI is InChI=1S/C13H17NO4/c1-3-17-12(15)9-5-7-14-8-6-10(11(9)14)13(16)18-4-2/h5,7,10H,3-4,6,8H2,1-2H3. The van der Waals surface area contributed by atoms with Crippen molar-refractivity contribution in [2.24, 2.45) is 0 Å². The molecule has 0 saturated carbocycles. The summed E-state index contributed by atoms with van der Waals surface area (Å²) in [5.41, 5.74) is 1.21. The Bertz CT molecular complexity index is 464. The smallest absolute Gasteiger partial charge is 0.339 e. The van der Waals surface area contributed by atoms with Crippen molar-refractivity contribution in [3.8, 4) is 0 Å². The van der Waals surface area contributed by atoms with E-state index < -0.39 is 0 Å². The fraction of sp³-hybridized carbons (Fsp3) is 0.538. The molecule has 0 radical (unpaired) electrons. The number of rotatable bonds is 4. The van der Waals surface area contributed by atoms with Crippen molar-refractivity contribution in [3.05, 3.63) is 23.5 Å². The first-order valence-electron chi connectivity index (χ1n) is 6.21. The molecule has 98 valence electrons. The van der Waals surface area contributed by atoms with Gasteiger partial charge in [-0.3, -0.25) is 4.79 Å². The number of aryl methyl sites for hydroxylation is 1. The molecule has 0 N–H and O–H groups in total. The fourth-order valence-corrected chi connectivity index (χ4v) is 2.33. The molecular formula is C13H17NO4. The Morgan fingerprint density at radius 3 is 2.72 bits per heavy atom. The maximum absolute atomic E-state index is 11.9. The summed E-state index contributed by atoms with van der Waals surface area (Å²) < 4.78 is 12.0. The van der Waals surface area contributed by atoms with Gasteiger partial charge in [0.15, 0.2) is 0 Å². The van der Waals surface area contributed by atoms with Gasteiger partial charge in [-0.1, -0.05) is 0 Å². The van der Waals surface area contributed by atoms with E-state index >= 15 is 0 Å². The van der Waals surface area contributed by atoms with Crippen LogP contribution in [0.15, 0.2) is 12.3 Å². The molecule has 0 aliphatic carbocycles. The Balaban J connectivity index is 2.27. The van der Waals surface area contributed by atoms with Crippen LogP contribution in [0.4, 0.5) is 0 Å². The van der Waals surface area contributed by atoms with Crippen molar-refractivity contribution in [2.45, 2.75) is 32.7 Å². The second kappa shape index (κ2) is 5.25. The Hall–Kier alpha value is -1.78. The number of esters is 2. The SMILES string of the molecule is CCOC(=O)c1ccn2c1C(C(=O)OCC)CC2. The molecule has 0 bridgehead atoms. The number of nitrogens with zero attached hydrogens (tertiary/aromatic N) is 1. The molecular weight excluding hydrogens is 234 g/mol. The fourth-order valence-electron chi connectivity index (χ4n) is 2.33. The first kappa shape index (κ1) is 12.7. The zero-order valence-electron chi connectivity index (χ0n) is 10.6. The van der Waals surface area contributed by atoms with E-state index in [-0.39, 0.29) is 17.9 Å². The molecule has 1 aromatic heterocycles. The summed E-state index contributed by atoms with van der Waals surface area (Å²) in [5, 5.41) is 0. The van der Waals surface area contributed by atoms with Crippen molar-refractivity contribution in [2.75, 3.05) is 13.2 Å². The second-order valence-corrected chi connectivity index (χ2v) is 4.12. The number of carbonyl (C=O) groups excluding carboxylic acids is 2. The molecule has 1 unspecified atom stereocenters. The largest absolute Gasteiger partial charge is 0.465 e. The molecule has 0 saturated heterocycles. The number of ether oxygens (including phenoxy) is 2. The Kier molecular flexibility index (Phi) is 3.69. The molecule has 0 amide bonds. The van der Waals surface area contributed by atoms with Gasteiger partial charge in [-0.2, -0.15) is 0 Å². The van der Waals surface area contributed by atoms with Crippen LogP contribution in [0.1, 0.15) is 42.2 Å². The van der Waals surface area contributed by atoms with Crippen LogP contribution in [0.3, 0.4) is 0 Å². The van der Waals surface area contributed by atoms with E-state index in [0.717, 1.165) is 12.2 Å². The van der Waals surface area contributed by atoms with Gasteiger partial charge >= 0.3 is 11.9 Å². The molecule has 5 nitrogen and oxygen atoms in total. The lowest BCUT2D eigenvalue weighted by Gasteiger charge is -2.10. The first-order chi connectivity index (χ1) is 8.69. The van der Waals surface area contributed by atoms with Crippen LogP contribution >= 0.6 is 0 Å². The number of aromatic nitrogens is 1. The van der Waals surface area contributed by atoms with Crippen LogP contribution in [0.25, 0.3) is 0 Å². The van der Waals surface area contributed by atoms with Crippen molar-refractivity contribution in [1.29, 1.82) is 0 Å². The van der Waals surface area contributed by atoms with Gasteiger partial charge in [0.05, 0.1) is 24.7 Å². The van der Waals surface area contributed by atoms with Crippen molar-refractivity contribution < 1.29 is 19.1 Å². The number of hydrogen-bond donors (Lipinski definition) is 0. The van der Waals surface area contributed by atoms with Gasteiger partial charge < -0.3 is 14.0 Å². The summed E-state index contributed by atoms with van der Waals surface area (Å²) in [6.45, 7) is 4.95. The Labute approximate surface area is 106 Å². The van der Waals surface area contributed by atoms with Gasteiger partial charge in [-0.05, 0) is 26.3 Å². The predicted octanol–water partition coefficient (Wildman–Crippen LogP) is 1.72. The highest BCUT2D eigenvalue weighted by molar-refractivity contribution is 5.93. The zero-order chi connectivity index (χ0) is 13.1. The van der Waals surface area contributed by atoms with Crippen LogP contribution in [0.5, 0.6) is 0 Å². The summed E-state index contributed by atoms with van der Waals surface area (Å²) in [4.78, 5) is 23.7. The van der Waals surface area contributed by atoms with Crippen LogP contribution in [-0.4, -0.2) is 29.7 Å². The van der Waals surface area contributed by atoms with Crippen LogP contribution in [-0.2, 0) is 20.8 Å². The zero-order valence-corrected chi connectivity index (χ0v) is 10.6. The molecule has 5 heteroatoms. The highest BCUT2D eigenvalue weighted by atomic mass is 16.5. The molecule has 18 heavy (non-hydrogen) atoms. The molecule has 2 rings (SSSR count). The molecule has 1 aromatic rings. The molecule has 2 heterocycles. The van der Waals surface area contributed by atoms with Gasteiger partial charge in [-0.25, -0.2) is 4.79 Å². The van der Waals surface area contributed by atoms with Crippen molar-refractivity contribution in [1.82, 2.24) is 4.57 Å². The Morgan fingerprint density at radius 1 is 1.33 bits per heavy atom. The van der Waals surface area contributed by atoms with E-state index in [1.54, 1.807) is 19.9 Å². The van der Waals surface area contributed by atoms with Gasteiger partial charge in [-0.15, -0.1) is 0 Å². The van der Waals surface area contributed by atoms with Crippen LogP contribution in [0.2, 0.25) is 0 Å². The van der Waals surface area contributed by atoms with Gasteiger partial charge in [0, 0.05) is 18.4 Å². The third-order valence-corrected chi connectivity index (χ3v) is 3.06. The van der Waals surface area contributed by atoms with Crippen molar-refractivity contribution in [3.63, 3.8) is 0 Å². The lowest BCUT2D eigenvalue weighted by molar-refractivity contribution is -0.144. The molecule has 0 spiro atoms. The summed E-state index contributed by atoms with van der Waals surface area (Å²) in [6.07, 6.45) is 2.50. The maximum atomic E-state index is 11.9. The first-order valence-corrected chi connectivity index (χ1v) is 6.21.